The normalized spacial score (nSPS) is 28.9. The molecule has 0 spiro atoms. The van der Waals surface area contributed by atoms with Gasteiger partial charge in [-0.3, -0.25) is 29.0 Å². The molecule has 13 heteroatoms. The number of likely N-dealkylation sites (N-methyl/N-ethyl adjacent to an activating group) is 1. The number of aromatic hydroxyl groups is 1. The lowest BCUT2D eigenvalue weighted by Crippen LogP contribution is -2.65. The third-order valence-electron chi connectivity index (χ3n) is 10.8. The first kappa shape index (κ1) is 32.0. The van der Waals surface area contributed by atoms with Crippen LogP contribution in [0.2, 0.25) is 0 Å². The quantitative estimate of drug-likeness (QED) is 0.194. The molecule has 1 unspecified atom stereocenters. The summed E-state index contributed by atoms with van der Waals surface area (Å²) in [6, 6.07) is 0.985. The van der Waals surface area contributed by atoms with E-state index in [9.17, 15) is 39.6 Å². The van der Waals surface area contributed by atoms with Crippen molar-refractivity contribution in [3.05, 3.63) is 34.1 Å². The molecule has 1 aromatic rings. The maximum atomic E-state index is 14.2. The SMILES string of the molecule is CN(C)c1cc(NC(=O)C2CN(C3CCCCC3)C2)c(O)c2c1C[C@H]1CC3[C@H](N(C)C)C(=O)C(C(N)=O)=C(O)[C@@]3(O)C(=O)C1=C2O. The van der Waals surface area contributed by atoms with E-state index in [0.29, 0.717) is 30.4 Å². The molecule has 1 saturated heterocycles. The molecule has 2 amide bonds. The number of ketones is 2. The number of amides is 2. The minimum atomic E-state index is -2.72. The number of benzene rings is 1. The van der Waals surface area contributed by atoms with Crippen LogP contribution in [-0.2, 0) is 25.6 Å². The Hall–Kier alpha value is -3.94. The smallest absolute Gasteiger partial charge is 0.255 e. The van der Waals surface area contributed by atoms with Crippen molar-refractivity contribution in [2.24, 2.45) is 23.5 Å². The van der Waals surface area contributed by atoms with Crippen LogP contribution >= 0.6 is 0 Å². The van der Waals surface area contributed by atoms with Gasteiger partial charge in [0, 0.05) is 50.4 Å². The number of carbonyl (C=O) groups excluding carboxylic acids is 4. The fourth-order valence-electron chi connectivity index (χ4n) is 8.44. The second kappa shape index (κ2) is 11.4. The van der Waals surface area contributed by atoms with Gasteiger partial charge in [-0.1, -0.05) is 19.3 Å². The highest BCUT2D eigenvalue weighted by Crippen LogP contribution is 2.54. The van der Waals surface area contributed by atoms with Gasteiger partial charge in [0.1, 0.15) is 22.8 Å². The van der Waals surface area contributed by atoms with Crippen molar-refractivity contribution < 1.29 is 39.6 Å². The monoisotopic (exact) mass is 637 g/mol. The summed E-state index contributed by atoms with van der Waals surface area (Å²) in [5.74, 6) is -7.68. The molecule has 1 heterocycles. The number of primary amides is 1. The van der Waals surface area contributed by atoms with E-state index in [1.807, 2.05) is 0 Å². The number of nitrogens with one attached hydrogen (secondary N) is 1. The summed E-state index contributed by atoms with van der Waals surface area (Å²) in [6.07, 6.45) is 6.08. The molecule has 3 fully saturated rings. The number of fused-ring (bicyclic) bond motifs is 3. The Balaban J connectivity index is 1.38. The van der Waals surface area contributed by atoms with E-state index in [0.717, 1.165) is 12.8 Å². The van der Waals surface area contributed by atoms with Crippen molar-refractivity contribution in [3.8, 4) is 5.75 Å². The van der Waals surface area contributed by atoms with E-state index in [2.05, 4.69) is 10.2 Å². The second-order valence-corrected chi connectivity index (χ2v) is 13.9. The number of phenolic OH excluding ortho intramolecular Hbond substituents is 1. The largest absolute Gasteiger partial charge is 0.508 e. The molecular formula is C33H43N5O8. The highest BCUT2D eigenvalue weighted by Gasteiger charge is 2.64. The van der Waals surface area contributed by atoms with E-state index in [1.54, 1.807) is 39.2 Å². The van der Waals surface area contributed by atoms with Crippen LogP contribution in [0.3, 0.4) is 0 Å². The van der Waals surface area contributed by atoms with E-state index in [4.69, 9.17) is 5.73 Å². The predicted molar refractivity (Wildman–Crippen MR) is 169 cm³/mol. The minimum Gasteiger partial charge on any atom is -0.508 e. The molecule has 6 rings (SSSR count). The number of hydrogen-bond donors (Lipinski definition) is 6. The number of phenols is 1. The lowest BCUT2D eigenvalue weighted by molar-refractivity contribution is -0.153. The summed E-state index contributed by atoms with van der Waals surface area (Å²) >= 11 is 0. The third-order valence-corrected chi connectivity index (χ3v) is 10.8. The summed E-state index contributed by atoms with van der Waals surface area (Å²) in [4.78, 5) is 58.6. The van der Waals surface area contributed by atoms with Crippen LogP contribution in [0.25, 0.3) is 5.76 Å². The van der Waals surface area contributed by atoms with E-state index >= 15 is 0 Å². The number of aliphatic hydroxyl groups is 3. The van der Waals surface area contributed by atoms with Gasteiger partial charge in [-0.15, -0.1) is 0 Å². The van der Waals surface area contributed by atoms with Gasteiger partial charge in [0.05, 0.1) is 23.2 Å². The highest BCUT2D eigenvalue weighted by molar-refractivity contribution is 6.24. The van der Waals surface area contributed by atoms with Gasteiger partial charge in [0.15, 0.2) is 11.4 Å². The number of hydrogen-bond acceptors (Lipinski definition) is 11. The van der Waals surface area contributed by atoms with Crippen LogP contribution in [0.15, 0.2) is 23.0 Å². The lowest BCUT2D eigenvalue weighted by atomic mass is 9.57. The summed E-state index contributed by atoms with van der Waals surface area (Å²) in [5, 5.41) is 48.9. The Morgan fingerprint density at radius 3 is 2.28 bits per heavy atom. The first-order valence-electron chi connectivity index (χ1n) is 15.9. The molecule has 0 aromatic heterocycles. The van der Waals surface area contributed by atoms with Crippen molar-refractivity contribution in [1.82, 2.24) is 9.80 Å². The standard InChI is InChI=1S/C33H43N5O8/c1-36(2)21-12-20(35-32(45)16-13-38(14-16)17-8-6-5-7-9-17)26(39)23-18(21)10-15-11-19-25(37(3)4)28(41)24(31(34)44)30(43)33(19,46)29(42)22(15)27(23)40/h12,15-17,19,25,39-40,43,46H,5-11,13-14H2,1-4H3,(H2,34,44)(H,35,45)/t15-,19?,25-,33-/m0/s1. The van der Waals surface area contributed by atoms with Crippen molar-refractivity contribution in [1.29, 1.82) is 0 Å². The minimum absolute atomic E-state index is 0.00292. The molecule has 4 atom stereocenters. The van der Waals surface area contributed by atoms with Gasteiger partial charge < -0.3 is 36.4 Å². The van der Waals surface area contributed by atoms with E-state index < -0.39 is 63.8 Å². The number of nitrogens with zero attached hydrogens (tertiary/aromatic N) is 3. The van der Waals surface area contributed by atoms with Gasteiger partial charge in [-0.2, -0.15) is 0 Å². The first-order valence-corrected chi connectivity index (χ1v) is 15.9. The van der Waals surface area contributed by atoms with Gasteiger partial charge in [0.25, 0.3) is 5.91 Å². The summed E-state index contributed by atoms with van der Waals surface area (Å²) in [6.45, 7) is 1.27. The molecule has 1 aromatic carbocycles. The second-order valence-electron chi connectivity index (χ2n) is 13.9. The Morgan fingerprint density at radius 2 is 1.70 bits per heavy atom. The van der Waals surface area contributed by atoms with Crippen LogP contribution < -0.4 is 16.0 Å². The molecule has 2 saturated carbocycles. The number of likely N-dealkylation sites (tertiary alicyclic amines) is 1. The van der Waals surface area contributed by atoms with E-state index in [1.165, 1.54) is 24.2 Å². The Kier molecular flexibility index (Phi) is 7.93. The fourth-order valence-corrected chi connectivity index (χ4v) is 8.44. The molecule has 5 aliphatic rings. The predicted octanol–water partition coefficient (Wildman–Crippen LogP) is 1.23. The van der Waals surface area contributed by atoms with E-state index in [-0.39, 0.29) is 41.5 Å². The molecule has 13 nitrogen and oxygen atoms in total. The van der Waals surface area contributed by atoms with Crippen LogP contribution in [0.5, 0.6) is 5.75 Å². The number of rotatable bonds is 6. The Bertz CT molecular complexity index is 1590. The van der Waals surface area contributed by atoms with Gasteiger partial charge in [0.2, 0.25) is 11.7 Å². The Labute approximate surface area is 267 Å². The maximum Gasteiger partial charge on any atom is 0.255 e. The Morgan fingerprint density at radius 1 is 1.04 bits per heavy atom. The van der Waals surface area contributed by atoms with Gasteiger partial charge >= 0.3 is 0 Å². The lowest BCUT2D eigenvalue weighted by Gasteiger charge is -2.50. The molecular weight excluding hydrogens is 594 g/mol. The maximum absolute atomic E-state index is 14.2. The fraction of sp³-hybridized carbons (Fsp3) is 0.576. The molecule has 248 valence electrons. The summed E-state index contributed by atoms with van der Waals surface area (Å²) < 4.78 is 0. The third kappa shape index (κ3) is 4.70. The van der Waals surface area contributed by atoms with Crippen molar-refractivity contribution in [3.63, 3.8) is 0 Å². The molecule has 1 aliphatic heterocycles. The van der Waals surface area contributed by atoms with Crippen molar-refractivity contribution in [2.45, 2.75) is 62.6 Å². The number of anilines is 2. The summed E-state index contributed by atoms with van der Waals surface area (Å²) in [7, 11) is 6.68. The number of aliphatic hydroxyl groups excluding tert-OH is 2. The zero-order chi connectivity index (χ0) is 33.4. The van der Waals surface area contributed by atoms with Crippen LogP contribution in [0.1, 0.15) is 49.7 Å². The zero-order valence-electron chi connectivity index (χ0n) is 26.7. The molecule has 46 heavy (non-hydrogen) atoms. The van der Waals surface area contributed by atoms with Crippen LogP contribution in [-0.4, -0.2) is 113 Å². The number of Topliss-reactive ketones (excluding diaryl/α,β-unsaturated/α-hetero) is 2. The van der Waals surface area contributed by atoms with Crippen molar-refractivity contribution >= 4 is 40.5 Å². The highest BCUT2D eigenvalue weighted by atomic mass is 16.3. The molecule has 0 radical (unpaired) electrons. The topological polar surface area (TPSA) is 197 Å². The number of carbonyl (C=O) groups is 4. The summed E-state index contributed by atoms with van der Waals surface area (Å²) in [5.41, 5.74) is 2.73. The molecule has 4 aliphatic carbocycles. The molecule has 7 N–H and O–H groups in total. The van der Waals surface area contributed by atoms with Crippen LogP contribution in [0, 0.1) is 17.8 Å². The first-order chi connectivity index (χ1) is 21.7. The van der Waals surface area contributed by atoms with Crippen molar-refractivity contribution in [2.75, 3.05) is 51.5 Å². The zero-order valence-corrected chi connectivity index (χ0v) is 26.7. The van der Waals surface area contributed by atoms with Crippen LogP contribution in [0.4, 0.5) is 11.4 Å². The van der Waals surface area contributed by atoms with Gasteiger partial charge in [-0.25, -0.2) is 0 Å². The van der Waals surface area contributed by atoms with Gasteiger partial charge in [-0.05, 0) is 57.3 Å². The average molecular weight is 638 g/mol. The number of nitrogens with two attached hydrogens (primary N) is 1. The average Bonchev–Trinajstić information content (AvgIpc) is 2.95. The molecule has 0 bridgehead atoms.